The molecule has 0 bridgehead atoms. The van der Waals surface area contributed by atoms with Crippen LogP contribution in [-0.2, 0) is 12.8 Å². The number of aryl methyl sites for hydroxylation is 2. The topological polar surface area (TPSA) is 52.1 Å². The van der Waals surface area contributed by atoms with E-state index in [0.717, 1.165) is 79.2 Å². The lowest BCUT2D eigenvalue weighted by Gasteiger charge is -2.13. The first kappa shape index (κ1) is 30.1. The van der Waals surface area contributed by atoms with E-state index in [1.165, 1.54) is 27.8 Å². The third-order valence-corrected chi connectivity index (χ3v) is 10.0. The average molecular weight is 669 g/mol. The number of para-hydroxylation sites is 3. The number of hydrogen-bond donors (Lipinski definition) is 0. The monoisotopic (exact) mass is 668 g/mol. The van der Waals surface area contributed by atoms with E-state index in [-0.39, 0.29) is 0 Å². The van der Waals surface area contributed by atoms with Gasteiger partial charge in [-0.25, -0.2) is 9.97 Å². The van der Waals surface area contributed by atoms with Crippen LogP contribution in [-0.4, -0.2) is 9.97 Å². The molecular weight excluding hydrogens is 637 g/mol. The molecule has 0 saturated heterocycles. The number of rotatable bonds is 7. The highest BCUT2D eigenvalue weighted by Crippen LogP contribution is 2.37. The second kappa shape index (κ2) is 12.5. The van der Waals surface area contributed by atoms with E-state index in [2.05, 4.69) is 133 Å². The first-order chi connectivity index (χ1) is 25.7. The fourth-order valence-corrected chi connectivity index (χ4v) is 7.45. The third kappa shape index (κ3) is 5.33. The van der Waals surface area contributed by atoms with Gasteiger partial charge in [-0.05, 0) is 77.1 Å². The van der Waals surface area contributed by atoms with E-state index in [1.54, 1.807) is 0 Å². The maximum absolute atomic E-state index is 6.46. The Morgan fingerprint density at radius 1 is 0.385 bits per heavy atom. The van der Waals surface area contributed by atoms with E-state index in [9.17, 15) is 0 Å². The predicted molar refractivity (Wildman–Crippen MR) is 212 cm³/mol. The Bertz CT molecular complexity index is 2890. The molecule has 4 heteroatoms. The molecule has 4 nitrogen and oxygen atoms in total. The van der Waals surface area contributed by atoms with Gasteiger partial charge in [0.25, 0.3) is 0 Å². The van der Waals surface area contributed by atoms with Gasteiger partial charge in [0.2, 0.25) is 0 Å². The van der Waals surface area contributed by atoms with Gasteiger partial charge >= 0.3 is 0 Å². The zero-order valence-corrected chi connectivity index (χ0v) is 28.3. The van der Waals surface area contributed by atoms with Crippen LogP contribution in [0, 0.1) is 0 Å². The third-order valence-electron chi connectivity index (χ3n) is 10.0. The minimum atomic E-state index is 0.656. The van der Waals surface area contributed by atoms with E-state index in [0.29, 0.717) is 5.82 Å². The molecule has 0 aliphatic carbocycles. The van der Waals surface area contributed by atoms with Crippen LogP contribution in [0.3, 0.4) is 0 Å². The Morgan fingerprint density at radius 2 is 1.00 bits per heavy atom. The average Bonchev–Trinajstić information content (AvgIpc) is 3.78. The van der Waals surface area contributed by atoms with Crippen molar-refractivity contribution in [2.75, 3.05) is 0 Å². The molecule has 0 spiro atoms. The molecule has 0 radical (unpaired) electrons. The summed E-state index contributed by atoms with van der Waals surface area (Å²) in [5, 5.41) is 4.40. The Balaban J connectivity index is 1.10. The first-order valence-electron chi connectivity index (χ1n) is 17.7. The summed E-state index contributed by atoms with van der Waals surface area (Å²) < 4.78 is 12.8. The van der Waals surface area contributed by atoms with Gasteiger partial charge in [-0.2, -0.15) is 0 Å². The highest BCUT2D eigenvalue weighted by molar-refractivity contribution is 6.09. The van der Waals surface area contributed by atoms with Gasteiger partial charge in [-0.1, -0.05) is 133 Å². The summed E-state index contributed by atoms with van der Waals surface area (Å²) in [4.78, 5) is 10.4. The zero-order valence-electron chi connectivity index (χ0n) is 28.3. The Hall–Kier alpha value is -6.78. The van der Waals surface area contributed by atoms with Crippen LogP contribution in [0.1, 0.15) is 11.3 Å². The SMILES string of the molecule is c1ccc(-c2ccc(-c3cc(CCc4cc5c(cc4-c4ccccc4)oc4ccccc45)nc(-c4cccc5c4oc4ccccc45)n3)cc2)cc1. The van der Waals surface area contributed by atoms with Crippen molar-refractivity contribution >= 4 is 43.9 Å². The largest absolute Gasteiger partial charge is 0.456 e. The lowest BCUT2D eigenvalue weighted by atomic mass is 9.94. The van der Waals surface area contributed by atoms with Crippen LogP contribution in [0.15, 0.2) is 179 Å². The summed E-state index contributed by atoms with van der Waals surface area (Å²) >= 11 is 0. The molecule has 246 valence electrons. The van der Waals surface area contributed by atoms with Crippen LogP contribution >= 0.6 is 0 Å². The van der Waals surface area contributed by atoms with Crippen LogP contribution in [0.2, 0.25) is 0 Å². The number of furan rings is 2. The second-order valence-corrected chi connectivity index (χ2v) is 13.3. The smallest absolute Gasteiger partial charge is 0.163 e. The molecule has 0 amide bonds. The summed E-state index contributed by atoms with van der Waals surface area (Å²) in [5.74, 6) is 0.656. The predicted octanol–water partition coefficient (Wildman–Crippen LogP) is 12.7. The lowest BCUT2D eigenvalue weighted by molar-refractivity contribution is 0.669. The Kier molecular flexibility index (Phi) is 7.24. The lowest BCUT2D eigenvalue weighted by Crippen LogP contribution is -2.02. The van der Waals surface area contributed by atoms with E-state index < -0.39 is 0 Å². The highest BCUT2D eigenvalue weighted by Gasteiger charge is 2.18. The molecule has 10 rings (SSSR count). The maximum Gasteiger partial charge on any atom is 0.163 e. The number of fused-ring (bicyclic) bond motifs is 6. The number of nitrogens with zero attached hydrogens (tertiary/aromatic N) is 2. The van der Waals surface area contributed by atoms with Crippen molar-refractivity contribution in [1.82, 2.24) is 9.97 Å². The molecule has 0 aliphatic rings. The Morgan fingerprint density at radius 3 is 1.77 bits per heavy atom. The molecule has 0 aliphatic heterocycles. The summed E-state index contributed by atoms with van der Waals surface area (Å²) in [7, 11) is 0. The van der Waals surface area contributed by atoms with Gasteiger partial charge in [0.05, 0.1) is 11.3 Å². The van der Waals surface area contributed by atoms with Crippen LogP contribution in [0.5, 0.6) is 0 Å². The van der Waals surface area contributed by atoms with Gasteiger partial charge in [0.1, 0.15) is 22.3 Å². The molecule has 0 N–H and O–H groups in total. The zero-order chi connectivity index (χ0) is 34.4. The van der Waals surface area contributed by atoms with Crippen LogP contribution < -0.4 is 0 Å². The number of aromatic nitrogens is 2. The molecule has 3 aromatic heterocycles. The van der Waals surface area contributed by atoms with E-state index >= 15 is 0 Å². The Labute approximate surface area is 300 Å². The fraction of sp³-hybridized carbons (Fsp3) is 0.0417. The van der Waals surface area contributed by atoms with Crippen molar-refractivity contribution in [3.05, 3.63) is 181 Å². The quantitative estimate of drug-likeness (QED) is 0.170. The van der Waals surface area contributed by atoms with E-state index in [1.807, 2.05) is 36.4 Å². The van der Waals surface area contributed by atoms with Gasteiger partial charge in [-0.3, -0.25) is 0 Å². The molecule has 0 atom stereocenters. The molecule has 0 fully saturated rings. The second-order valence-electron chi connectivity index (χ2n) is 13.3. The molecule has 10 aromatic rings. The minimum absolute atomic E-state index is 0.656. The summed E-state index contributed by atoms with van der Waals surface area (Å²) in [5.41, 5.74) is 13.2. The first-order valence-corrected chi connectivity index (χ1v) is 17.7. The molecule has 52 heavy (non-hydrogen) atoms. The van der Waals surface area contributed by atoms with Crippen LogP contribution in [0.4, 0.5) is 0 Å². The van der Waals surface area contributed by atoms with Gasteiger partial charge in [0, 0.05) is 32.8 Å². The van der Waals surface area contributed by atoms with Crippen molar-refractivity contribution in [2.45, 2.75) is 12.8 Å². The fourth-order valence-electron chi connectivity index (χ4n) is 7.45. The normalized spacial score (nSPS) is 11.6. The van der Waals surface area contributed by atoms with Crippen molar-refractivity contribution in [1.29, 1.82) is 0 Å². The van der Waals surface area contributed by atoms with Gasteiger partial charge in [-0.15, -0.1) is 0 Å². The number of hydrogen-bond acceptors (Lipinski definition) is 4. The highest BCUT2D eigenvalue weighted by atomic mass is 16.3. The summed E-state index contributed by atoms with van der Waals surface area (Å²) in [6.45, 7) is 0. The number of benzene rings is 7. The molecule has 7 aromatic carbocycles. The van der Waals surface area contributed by atoms with Gasteiger partial charge in [0.15, 0.2) is 5.82 Å². The molecular formula is C48H32N2O2. The summed E-state index contributed by atoms with van der Waals surface area (Å²) in [6, 6.07) is 59.0. The minimum Gasteiger partial charge on any atom is -0.456 e. The molecule has 0 saturated carbocycles. The molecule has 0 unspecified atom stereocenters. The maximum atomic E-state index is 6.46. The molecule has 3 heterocycles. The summed E-state index contributed by atoms with van der Waals surface area (Å²) in [6.07, 6.45) is 1.51. The standard InChI is InChI=1S/C48H32N2O2/c1-3-12-31(13-4-1)32-22-24-34(25-23-32)43-29-36(49-48(50-43)40-19-11-18-39-37-16-7-10-21-45(37)52-47(39)40)27-26-35-28-42-38-17-8-9-20-44(38)51-46(42)30-41(35)33-14-5-2-6-15-33/h1-25,28-30H,26-27H2. The van der Waals surface area contributed by atoms with Crippen molar-refractivity contribution in [3.63, 3.8) is 0 Å². The van der Waals surface area contributed by atoms with Gasteiger partial charge < -0.3 is 8.83 Å². The van der Waals surface area contributed by atoms with Crippen LogP contribution in [0.25, 0.3) is 88.8 Å². The van der Waals surface area contributed by atoms with Crippen molar-refractivity contribution in [3.8, 4) is 44.9 Å². The van der Waals surface area contributed by atoms with E-state index in [4.69, 9.17) is 18.8 Å². The van der Waals surface area contributed by atoms with Crippen molar-refractivity contribution in [2.24, 2.45) is 0 Å². The van der Waals surface area contributed by atoms with Crippen molar-refractivity contribution < 1.29 is 8.83 Å².